The van der Waals surface area contributed by atoms with Gasteiger partial charge < -0.3 is 10.5 Å². The van der Waals surface area contributed by atoms with Crippen LogP contribution in [-0.4, -0.2) is 34.9 Å². The first-order valence-corrected chi connectivity index (χ1v) is 9.09. The molecule has 0 aromatic carbocycles. The Kier molecular flexibility index (Phi) is 5.29. The van der Waals surface area contributed by atoms with E-state index in [1.165, 1.54) is 29.8 Å². The van der Waals surface area contributed by atoms with Gasteiger partial charge >= 0.3 is 0 Å². The maximum absolute atomic E-state index is 6.01. The third kappa shape index (κ3) is 3.66. The Morgan fingerprint density at radius 3 is 2.67 bits per heavy atom. The van der Waals surface area contributed by atoms with Gasteiger partial charge in [0.15, 0.2) is 0 Å². The number of hydrogen-bond donors (Lipinski definition) is 1. The topological polar surface area (TPSA) is 56.3 Å². The number of likely N-dealkylation sites (tertiary alicyclic amines) is 1. The highest BCUT2D eigenvalue weighted by Crippen LogP contribution is 2.33. The molecule has 0 unspecified atom stereocenters. The SMILES string of the molecule is CCn1nc(CN2CCC(C3=CC(OC)=C(N)CC3)CC2)cc1C. The van der Waals surface area contributed by atoms with Crippen molar-refractivity contribution in [1.82, 2.24) is 14.7 Å². The molecule has 2 heterocycles. The molecular weight excluding hydrogens is 300 g/mol. The molecule has 3 rings (SSSR count). The average Bonchev–Trinajstić information content (AvgIpc) is 2.95. The third-order valence-electron chi connectivity index (χ3n) is 5.36. The molecule has 2 N–H and O–H groups in total. The van der Waals surface area contributed by atoms with Gasteiger partial charge in [0.1, 0.15) is 5.76 Å². The zero-order valence-corrected chi connectivity index (χ0v) is 15.2. The number of allylic oxidation sites excluding steroid dienone is 3. The first kappa shape index (κ1) is 17.1. The Labute approximate surface area is 145 Å². The van der Waals surface area contributed by atoms with Gasteiger partial charge in [0.05, 0.1) is 18.5 Å². The van der Waals surface area contributed by atoms with Crippen LogP contribution in [0.3, 0.4) is 0 Å². The molecule has 0 saturated carbocycles. The fourth-order valence-electron chi connectivity index (χ4n) is 3.91. The van der Waals surface area contributed by atoms with Gasteiger partial charge in [-0.1, -0.05) is 5.57 Å². The van der Waals surface area contributed by atoms with Crippen LogP contribution in [0.1, 0.15) is 44.0 Å². The highest BCUT2D eigenvalue weighted by molar-refractivity contribution is 5.29. The van der Waals surface area contributed by atoms with Crippen molar-refractivity contribution in [3.63, 3.8) is 0 Å². The highest BCUT2D eigenvalue weighted by atomic mass is 16.5. The lowest BCUT2D eigenvalue weighted by molar-refractivity contribution is 0.186. The molecule has 5 heteroatoms. The summed E-state index contributed by atoms with van der Waals surface area (Å²) in [5, 5.41) is 4.69. The molecule has 1 fully saturated rings. The van der Waals surface area contributed by atoms with Gasteiger partial charge in [-0.15, -0.1) is 0 Å². The maximum atomic E-state index is 6.01. The lowest BCUT2D eigenvalue weighted by atomic mass is 9.84. The van der Waals surface area contributed by atoms with Crippen LogP contribution in [0, 0.1) is 12.8 Å². The van der Waals surface area contributed by atoms with Crippen molar-refractivity contribution >= 4 is 0 Å². The zero-order valence-electron chi connectivity index (χ0n) is 15.2. The fraction of sp³-hybridized carbons (Fsp3) is 0.632. The number of piperidine rings is 1. The molecule has 24 heavy (non-hydrogen) atoms. The second-order valence-corrected chi connectivity index (χ2v) is 6.96. The molecule has 1 aliphatic carbocycles. The summed E-state index contributed by atoms with van der Waals surface area (Å²) in [6, 6.07) is 2.22. The summed E-state index contributed by atoms with van der Waals surface area (Å²) in [4.78, 5) is 2.53. The van der Waals surface area contributed by atoms with E-state index in [4.69, 9.17) is 10.5 Å². The van der Waals surface area contributed by atoms with E-state index in [0.29, 0.717) is 5.92 Å². The summed E-state index contributed by atoms with van der Waals surface area (Å²) in [5.74, 6) is 1.55. The Hall–Kier alpha value is -1.75. The molecule has 1 saturated heterocycles. The number of aryl methyl sites for hydroxylation is 2. The second-order valence-electron chi connectivity index (χ2n) is 6.96. The Morgan fingerprint density at radius 1 is 1.29 bits per heavy atom. The highest BCUT2D eigenvalue weighted by Gasteiger charge is 2.25. The van der Waals surface area contributed by atoms with Crippen LogP contribution < -0.4 is 5.73 Å². The van der Waals surface area contributed by atoms with Crippen molar-refractivity contribution in [2.24, 2.45) is 11.7 Å². The van der Waals surface area contributed by atoms with E-state index >= 15 is 0 Å². The average molecular weight is 330 g/mol. The van der Waals surface area contributed by atoms with Gasteiger partial charge in [0.2, 0.25) is 0 Å². The standard InChI is InChI=1S/C19H30N4O/c1-4-23-14(2)11-17(21-23)13-22-9-7-15(8-10-22)16-5-6-18(20)19(12-16)24-3/h11-12,15H,4-10,13,20H2,1-3H3. The van der Waals surface area contributed by atoms with Crippen LogP contribution in [0.5, 0.6) is 0 Å². The smallest absolute Gasteiger partial charge is 0.137 e. The van der Waals surface area contributed by atoms with E-state index in [9.17, 15) is 0 Å². The van der Waals surface area contributed by atoms with Gasteiger partial charge in [-0.25, -0.2) is 0 Å². The van der Waals surface area contributed by atoms with Crippen LogP contribution in [0.4, 0.5) is 0 Å². The molecule has 1 aromatic heterocycles. The maximum Gasteiger partial charge on any atom is 0.137 e. The van der Waals surface area contributed by atoms with E-state index in [1.54, 1.807) is 7.11 Å². The van der Waals surface area contributed by atoms with Crippen LogP contribution in [0.15, 0.2) is 29.2 Å². The Balaban J connectivity index is 1.56. The van der Waals surface area contributed by atoms with Gasteiger partial charge in [-0.2, -0.15) is 5.10 Å². The van der Waals surface area contributed by atoms with Crippen molar-refractivity contribution in [3.05, 3.63) is 40.6 Å². The minimum Gasteiger partial charge on any atom is -0.495 e. The van der Waals surface area contributed by atoms with Gasteiger partial charge in [0, 0.05) is 18.8 Å². The Morgan fingerprint density at radius 2 is 2.04 bits per heavy atom. The molecule has 132 valence electrons. The number of ether oxygens (including phenoxy) is 1. The van der Waals surface area contributed by atoms with E-state index in [0.717, 1.165) is 50.5 Å². The van der Waals surface area contributed by atoms with Crippen LogP contribution in [0.25, 0.3) is 0 Å². The molecule has 1 aromatic rings. The minimum atomic E-state index is 0.675. The first-order valence-electron chi connectivity index (χ1n) is 9.09. The lowest BCUT2D eigenvalue weighted by Gasteiger charge is -2.33. The number of aromatic nitrogens is 2. The molecule has 1 aliphatic heterocycles. The summed E-state index contributed by atoms with van der Waals surface area (Å²) >= 11 is 0. The van der Waals surface area contributed by atoms with Crippen LogP contribution in [-0.2, 0) is 17.8 Å². The molecule has 5 nitrogen and oxygen atoms in total. The quantitative estimate of drug-likeness (QED) is 0.902. The zero-order chi connectivity index (χ0) is 17.1. The largest absolute Gasteiger partial charge is 0.495 e. The summed E-state index contributed by atoms with van der Waals surface area (Å²) in [6.07, 6.45) is 6.64. The van der Waals surface area contributed by atoms with Crippen LogP contribution >= 0.6 is 0 Å². The molecule has 0 radical (unpaired) electrons. The van der Waals surface area contributed by atoms with E-state index in [2.05, 4.69) is 40.7 Å². The van der Waals surface area contributed by atoms with Crippen molar-refractivity contribution in [2.75, 3.05) is 20.2 Å². The fourth-order valence-corrected chi connectivity index (χ4v) is 3.91. The second kappa shape index (κ2) is 7.43. The predicted octanol–water partition coefficient (Wildman–Crippen LogP) is 2.96. The van der Waals surface area contributed by atoms with Gasteiger partial charge in [-0.3, -0.25) is 9.58 Å². The predicted molar refractivity (Wildman–Crippen MR) is 96.2 cm³/mol. The number of rotatable bonds is 5. The van der Waals surface area contributed by atoms with Crippen LogP contribution in [0.2, 0.25) is 0 Å². The molecule has 0 atom stereocenters. The summed E-state index contributed by atoms with van der Waals surface area (Å²) in [5.41, 5.74) is 10.9. The first-order chi connectivity index (χ1) is 11.6. The lowest BCUT2D eigenvalue weighted by Crippen LogP contribution is -2.34. The van der Waals surface area contributed by atoms with E-state index < -0.39 is 0 Å². The van der Waals surface area contributed by atoms with Gasteiger partial charge in [0.25, 0.3) is 0 Å². The van der Waals surface area contributed by atoms with Crippen molar-refractivity contribution in [1.29, 1.82) is 0 Å². The number of nitrogens with zero attached hydrogens (tertiary/aromatic N) is 3. The third-order valence-corrected chi connectivity index (χ3v) is 5.36. The molecule has 0 amide bonds. The van der Waals surface area contributed by atoms with Crippen molar-refractivity contribution in [2.45, 2.75) is 52.6 Å². The van der Waals surface area contributed by atoms with E-state index in [1.807, 2.05) is 0 Å². The molecular formula is C19H30N4O. The number of methoxy groups -OCH3 is 1. The number of nitrogens with two attached hydrogens (primary N) is 1. The van der Waals surface area contributed by atoms with E-state index in [-0.39, 0.29) is 0 Å². The van der Waals surface area contributed by atoms with Crippen molar-refractivity contribution < 1.29 is 4.74 Å². The number of hydrogen-bond acceptors (Lipinski definition) is 4. The summed E-state index contributed by atoms with van der Waals surface area (Å²) in [7, 11) is 1.71. The minimum absolute atomic E-state index is 0.675. The van der Waals surface area contributed by atoms with Gasteiger partial charge in [-0.05, 0) is 70.7 Å². The monoisotopic (exact) mass is 330 g/mol. The summed E-state index contributed by atoms with van der Waals surface area (Å²) in [6.45, 7) is 8.47. The summed E-state index contributed by atoms with van der Waals surface area (Å²) < 4.78 is 7.49. The Bertz CT molecular complexity index is 636. The normalized spacial score (nSPS) is 20.4. The molecule has 0 bridgehead atoms. The molecule has 0 spiro atoms. The molecule has 2 aliphatic rings. The van der Waals surface area contributed by atoms with Crippen molar-refractivity contribution in [3.8, 4) is 0 Å².